The van der Waals surface area contributed by atoms with Crippen molar-refractivity contribution in [3.8, 4) is 11.3 Å². The average Bonchev–Trinajstić information content (AvgIpc) is 3.07. The molecule has 0 saturated carbocycles. The molecule has 0 aliphatic carbocycles. The van der Waals surface area contributed by atoms with Crippen LogP contribution >= 0.6 is 0 Å². The molecule has 1 saturated heterocycles. The summed E-state index contributed by atoms with van der Waals surface area (Å²) in [6.45, 7) is 10.7. The van der Waals surface area contributed by atoms with Gasteiger partial charge in [-0.2, -0.15) is 0 Å². The van der Waals surface area contributed by atoms with Gasteiger partial charge in [0.2, 0.25) is 12.7 Å². The van der Waals surface area contributed by atoms with Crippen LogP contribution in [0.3, 0.4) is 0 Å². The van der Waals surface area contributed by atoms with Crippen LogP contribution in [-0.2, 0) is 11.3 Å². The molecule has 5 rings (SSSR count). The van der Waals surface area contributed by atoms with Gasteiger partial charge in [-0.3, -0.25) is 19.2 Å². The zero-order valence-corrected chi connectivity index (χ0v) is 27.0. The number of nitrogens with zero attached hydrogens (tertiary/aromatic N) is 5. The highest BCUT2D eigenvalue weighted by Crippen LogP contribution is 2.25. The van der Waals surface area contributed by atoms with E-state index in [-0.39, 0.29) is 25.5 Å². The lowest BCUT2D eigenvalue weighted by Gasteiger charge is -2.41. The minimum Gasteiger partial charge on any atom is -0.399 e. The monoisotopic (exact) mass is 639 g/mol. The standard InChI is InChI=1S/C35H42N8O3.CH4/c1-5-26(3)38-35(45)46-24-43(4)19-17-42(18-20-43)23-27-9-11-28(12-10-27)33(44)39-30-13-8-25(2)32(21-30)41-34-37-16-14-31(40-34)29-7-6-15-36-22-29;/h6-16,21-22,26H,5,17-20,23-24H2,1-4H3,(H2-,37,38,39,40,41,44,45);1H4/p+1/t26-;/m1./s1. The van der Waals surface area contributed by atoms with Crippen molar-refractivity contribution in [1.29, 1.82) is 0 Å². The van der Waals surface area contributed by atoms with Crippen molar-refractivity contribution >= 4 is 29.3 Å². The predicted octanol–water partition coefficient (Wildman–Crippen LogP) is 6.22. The number of nitrogens with one attached hydrogen (secondary N) is 3. The first-order chi connectivity index (χ1) is 22.2. The van der Waals surface area contributed by atoms with E-state index in [2.05, 4.69) is 42.8 Å². The van der Waals surface area contributed by atoms with Gasteiger partial charge in [-0.05, 0) is 73.9 Å². The third-order valence-corrected chi connectivity index (χ3v) is 8.37. The zero-order valence-electron chi connectivity index (χ0n) is 27.0. The Labute approximate surface area is 278 Å². The van der Waals surface area contributed by atoms with E-state index < -0.39 is 0 Å². The molecule has 3 N–H and O–H groups in total. The molecule has 1 aliphatic rings. The number of ether oxygens (including phenoxy) is 1. The number of pyridine rings is 1. The van der Waals surface area contributed by atoms with Gasteiger partial charge < -0.3 is 20.7 Å². The second-order valence-corrected chi connectivity index (χ2v) is 12.2. The van der Waals surface area contributed by atoms with Crippen LogP contribution in [0.2, 0.25) is 0 Å². The number of carbonyl (C=O) groups excluding carboxylic acids is 2. The van der Waals surface area contributed by atoms with E-state index in [9.17, 15) is 9.59 Å². The fraction of sp³-hybridized carbons (Fsp3) is 0.361. The Morgan fingerprint density at radius 2 is 1.81 bits per heavy atom. The van der Waals surface area contributed by atoms with Crippen LogP contribution in [0.1, 0.15) is 49.2 Å². The van der Waals surface area contributed by atoms with Gasteiger partial charge in [0.25, 0.3) is 5.91 Å². The molecule has 248 valence electrons. The summed E-state index contributed by atoms with van der Waals surface area (Å²) < 4.78 is 6.20. The summed E-state index contributed by atoms with van der Waals surface area (Å²) in [5.41, 5.74) is 5.86. The number of anilines is 3. The molecular formula is C36H47N8O3+. The summed E-state index contributed by atoms with van der Waals surface area (Å²) in [5, 5.41) is 9.15. The second kappa shape index (κ2) is 16.1. The van der Waals surface area contributed by atoms with Gasteiger partial charge >= 0.3 is 6.09 Å². The van der Waals surface area contributed by atoms with Crippen molar-refractivity contribution in [3.63, 3.8) is 0 Å². The fourth-order valence-corrected chi connectivity index (χ4v) is 5.11. The molecule has 1 atom stereocenters. The maximum atomic E-state index is 13.1. The van der Waals surface area contributed by atoms with E-state index >= 15 is 0 Å². The number of carbonyl (C=O) groups is 2. The molecule has 2 amide bonds. The van der Waals surface area contributed by atoms with E-state index in [0.717, 1.165) is 67.2 Å². The largest absolute Gasteiger partial charge is 0.411 e. The maximum Gasteiger partial charge on any atom is 0.411 e. The lowest BCUT2D eigenvalue weighted by molar-refractivity contribution is -0.929. The Kier molecular flexibility index (Phi) is 12.0. The molecule has 11 heteroatoms. The molecule has 11 nitrogen and oxygen atoms in total. The predicted molar refractivity (Wildman–Crippen MR) is 186 cm³/mol. The number of alkyl carbamates (subject to hydrolysis) is 1. The Hall–Kier alpha value is -4.87. The van der Waals surface area contributed by atoms with E-state index in [1.54, 1.807) is 18.6 Å². The van der Waals surface area contributed by atoms with Crippen LogP contribution in [-0.4, -0.2) is 82.3 Å². The van der Waals surface area contributed by atoms with E-state index in [1.165, 1.54) is 0 Å². The minimum absolute atomic E-state index is 0. The molecule has 1 aliphatic heterocycles. The first-order valence-corrected chi connectivity index (χ1v) is 15.7. The van der Waals surface area contributed by atoms with Crippen molar-refractivity contribution in [2.75, 3.05) is 50.6 Å². The molecule has 0 radical (unpaired) electrons. The summed E-state index contributed by atoms with van der Waals surface area (Å²) >= 11 is 0. The number of quaternary nitrogens is 1. The number of hydrogen-bond donors (Lipinski definition) is 3. The van der Waals surface area contributed by atoms with Gasteiger partial charge in [-0.15, -0.1) is 0 Å². The third kappa shape index (κ3) is 9.81. The summed E-state index contributed by atoms with van der Waals surface area (Å²) in [7, 11) is 2.13. The van der Waals surface area contributed by atoms with Crippen molar-refractivity contribution in [1.82, 2.24) is 25.2 Å². The van der Waals surface area contributed by atoms with Gasteiger partial charge in [0.05, 0.1) is 25.8 Å². The molecular weight excluding hydrogens is 592 g/mol. The quantitative estimate of drug-likeness (QED) is 0.165. The molecule has 0 bridgehead atoms. The average molecular weight is 640 g/mol. The molecule has 3 heterocycles. The molecule has 2 aromatic carbocycles. The van der Waals surface area contributed by atoms with Crippen molar-refractivity contribution < 1.29 is 18.8 Å². The summed E-state index contributed by atoms with van der Waals surface area (Å²) in [4.78, 5) is 40.7. The van der Waals surface area contributed by atoms with Crippen molar-refractivity contribution in [2.45, 2.75) is 47.2 Å². The van der Waals surface area contributed by atoms with Crippen LogP contribution < -0.4 is 16.0 Å². The molecule has 0 unspecified atom stereocenters. The van der Waals surface area contributed by atoms with Gasteiger partial charge in [-0.1, -0.05) is 32.5 Å². The fourth-order valence-electron chi connectivity index (χ4n) is 5.11. The number of amides is 2. The Balaban J connectivity index is 0.00000500. The SMILES string of the molecule is C.CC[C@@H](C)NC(=O)OC[N+]1(C)CCN(Cc2ccc(C(=O)Nc3ccc(C)c(Nc4nccc(-c5cccnc5)n4)c3)cc2)CC1. The highest BCUT2D eigenvalue weighted by Gasteiger charge is 2.30. The van der Waals surface area contributed by atoms with Crippen molar-refractivity contribution in [3.05, 3.63) is 95.9 Å². The highest BCUT2D eigenvalue weighted by atomic mass is 16.6. The third-order valence-electron chi connectivity index (χ3n) is 8.37. The van der Waals surface area contributed by atoms with Gasteiger partial charge in [0, 0.05) is 66.8 Å². The number of aryl methyl sites for hydroxylation is 1. The summed E-state index contributed by atoms with van der Waals surface area (Å²) in [5.74, 6) is 0.276. The second-order valence-electron chi connectivity index (χ2n) is 12.2. The molecule has 0 spiro atoms. The van der Waals surface area contributed by atoms with E-state index in [4.69, 9.17) is 4.74 Å². The van der Waals surface area contributed by atoms with Crippen LogP contribution in [0.25, 0.3) is 11.3 Å². The number of rotatable bonds is 11. The first kappa shape index (κ1) is 35.0. The van der Waals surface area contributed by atoms with Crippen LogP contribution in [0, 0.1) is 6.92 Å². The van der Waals surface area contributed by atoms with E-state index in [0.29, 0.717) is 28.4 Å². The first-order valence-electron chi connectivity index (χ1n) is 15.7. The number of piperazine rings is 1. The Morgan fingerprint density at radius 1 is 1.04 bits per heavy atom. The lowest BCUT2D eigenvalue weighted by Crippen LogP contribution is -2.58. The van der Waals surface area contributed by atoms with Gasteiger partial charge in [0.15, 0.2) is 0 Å². The summed E-state index contributed by atoms with van der Waals surface area (Å²) in [6, 6.07) is 19.2. The van der Waals surface area contributed by atoms with Gasteiger partial charge in [-0.25, -0.2) is 14.8 Å². The van der Waals surface area contributed by atoms with E-state index in [1.807, 2.05) is 81.4 Å². The Bertz CT molecular complexity index is 1620. The number of aromatic nitrogens is 3. The van der Waals surface area contributed by atoms with Gasteiger partial charge in [0.1, 0.15) is 0 Å². The van der Waals surface area contributed by atoms with Crippen LogP contribution in [0.4, 0.5) is 22.1 Å². The highest BCUT2D eigenvalue weighted by molar-refractivity contribution is 6.04. The molecule has 1 fully saturated rings. The number of hydrogen-bond acceptors (Lipinski definition) is 8. The van der Waals surface area contributed by atoms with Crippen LogP contribution in [0.5, 0.6) is 0 Å². The molecule has 4 aromatic rings. The topological polar surface area (TPSA) is 121 Å². The van der Waals surface area contributed by atoms with Crippen LogP contribution in [0.15, 0.2) is 79.3 Å². The smallest absolute Gasteiger partial charge is 0.399 e. The Morgan fingerprint density at radius 3 is 2.51 bits per heavy atom. The zero-order chi connectivity index (χ0) is 32.5. The van der Waals surface area contributed by atoms with Crippen molar-refractivity contribution in [2.24, 2.45) is 0 Å². The number of likely N-dealkylation sites (N-methyl/N-ethyl adjacent to an activating group) is 1. The molecule has 47 heavy (non-hydrogen) atoms. The normalized spacial score (nSPS) is 14.7. The maximum absolute atomic E-state index is 13.1. The lowest BCUT2D eigenvalue weighted by atomic mass is 10.1. The number of benzene rings is 2. The summed E-state index contributed by atoms with van der Waals surface area (Å²) in [6.07, 6.45) is 5.71. The minimum atomic E-state index is -0.350. The molecule has 2 aromatic heterocycles.